The number of fused-ring (bicyclic) bond motifs is 4. The molecule has 0 N–H and O–H groups in total. The van der Waals surface area contributed by atoms with Crippen molar-refractivity contribution < 1.29 is 0 Å². The van der Waals surface area contributed by atoms with Gasteiger partial charge in [0.05, 0.1) is 6.04 Å². The smallest absolute Gasteiger partial charge is 0.0613 e. The lowest BCUT2D eigenvalue weighted by atomic mass is 9.80. The highest BCUT2D eigenvalue weighted by Gasteiger charge is 2.34. The fourth-order valence-corrected chi connectivity index (χ4v) is 4.34. The lowest BCUT2D eigenvalue weighted by molar-refractivity contribution is 0.209. The second-order valence-corrected chi connectivity index (χ2v) is 6.99. The Morgan fingerprint density at radius 3 is 2.36 bits per heavy atom. The SMILES string of the molecule is C(=C1/c2ccccc2CN2CCc3ccccc3C12)/c1ccccc1. The van der Waals surface area contributed by atoms with Crippen LogP contribution in [0.2, 0.25) is 0 Å². The average molecular weight is 323 g/mol. The molecular formula is C24H21N. The maximum Gasteiger partial charge on any atom is 0.0613 e. The number of nitrogens with zero attached hydrogens (tertiary/aromatic N) is 1. The predicted molar refractivity (Wildman–Crippen MR) is 104 cm³/mol. The lowest BCUT2D eigenvalue weighted by Gasteiger charge is -2.43. The van der Waals surface area contributed by atoms with Gasteiger partial charge < -0.3 is 0 Å². The third kappa shape index (κ3) is 2.52. The molecule has 0 amide bonds. The topological polar surface area (TPSA) is 3.24 Å². The number of hydrogen-bond donors (Lipinski definition) is 0. The first-order chi connectivity index (χ1) is 12.4. The molecule has 0 saturated carbocycles. The van der Waals surface area contributed by atoms with Crippen LogP contribution in [0.5, 0.6) is 0 Å². The van der Waals surface area contributed by atoms with Crippen molar-refractivity contribution in [3.8, 4) is 0 Å². The zero-order valence-corrected chi connectivity index (χ0v) is 14.2. The minimum absolute atomic E-state index is 0.361. The van der Waals surface area contributed by atoms with E-state index in [1.807, 2.05) is 0 Å². The monoisotopic (exact) mass is 323 g/mol. The lowest BCUT2D eigenvalue weighted by Crippen LogP contribution is -2.38. The van der Waals surface area contributed by atoms with Crippen molar-refractivity contribution >= 4 is 11.6 Å². The molecule has 3 aromatic carbocycles. The summed E-state index contributed by atoms with van der Waals surface area (Å²) in [5.74, 6) is 0. The second kappa shape index (κ2) is 6.02. The Bertz CT molecular complexity index is 939. The summed E-state index contributed by atoms with van der Waals surface area (Å²) >= 11 is 0. The van der Waals surface area contributed by atoms with Gasteiger partial charge in [0.15, 0.2) is 0 Å². The molecule has 0 bridgehead atoms. The molecule has 2 aliphatic heterocycles. The highest BCUT2D eigenvalue weighted by atomic mass is 15.2. The molecule has 3 aromatic rings. The predicted octanol–water partition coefficient (Wildman–Crippen LogP) is 5.34. The number of hydrogen-bond acceptors (Lipinski definition) is 1. The first-order valence-electron chi connectivity index (χ1n) is 9.07. The van der Waals surface area contributed by atoms with E-state index in [1.165, 1.54) is 33.4 Å². The quantitative estimate of drug-likeness (QED) is 0.584. The molecule has 5 rings (SSSR count). The van der Waals surface area contributed by atoms with Gasteiger partial charge in [-0.15, -0.1) is 0 Å². The zero-order chi connectivity index (χ0) is 16.6. The molecule has 2 aliphatic rings. The third-order valence-corrected chi connectivity index (χ3v) is 5.50. The van der Waals surface area contributed by atoms with Crippen LogP contribution in [0.25, 0.3) is 11.6 Å². The van der Waals surface area contributed by atoms with Gasteiger partial charge in [0.25, 0.3) is 0 Å². The molecule has 0 aliphatic carbocycles. The minimum Gasteiger partial charge on any atom is -0.288 e. The second-order valence-electron chi connectivity index (χ2n) is 6.99. The molecule has 1 unspecified atom stereocenters. The standard InChI is InChI=1S/C24H21N/c1-2-8-18(9-3-1)16-23-21-12-6-5-11-20(21)17-25-15-14-19-10-4-7-13-22(19)24(23)25/h1-13,16,24H,14-15,17H2/b23-16+. The Morgan fingerprint density at radius 1 is 0.760 bits per heavy atom. The summed E-state index contributed by atoms with van der Waals surface area (Å²) < 4.78 is 0. The number of benzene rings is 3. The Hall–Kier alpha value is -2.64. The molecular weight excluding hydrogens is 302 g/mol. The van der Waals surface area contributed by atoms with Crippen LogP contribution in [0.1, 0.15) is 33.9 Å². The van der Waals surface area contributed by atoms with E-state index in [0.717, 1.165) is 19.5 Å². The molecule has 1 atom stereocenters. The summed E-state index contributed by atoms with van der Waals surface area (Å²) in [7, 11) is 0. The van der Waals surface area contributed by atoms with E-state index in [0.29, 0.717) is 6.04 Å². The normalized spacial score (nSPS) is 20.6. The fourth-order valence-electron chi connectivity index (χ4n) is 4.34. The summed E-state index contributed by atoms with van der Waals surface area (Å²) in [6, 6.07) is 29.0. The molecule has 0 fully saturated rings. The van der Waals surface area contributed by atoms with Crippen molar-refractivity contribution in [3.05, 3.63) is 107 Å². The van der Waals surface area contributed by atoms with Crippen LogP contribution in [0.4, 0.5) is 0 Å². The third-order valence-electron chi connectivity index (χ3n) is 5.50. The van der Waals surface area contributed by atoms with E-state index in [1.54, 1.807) is 0 Å². The van der Waals surface area contributed by atoms with Crippen LogP contribution in [-0.2, 0) is 13.0 Å². The largest absolute Gasteiger partial charge is 0.288 e. The van der Waals surface area contributed by atoms with Gasteiger partial charge in [-0.05, 0) is 45.9 Å². The van der Waals surface area contributed by atoms with Crippen LogP contribution in [-0.4, -0.2) is 11.4 Å². The first kappa shape index (κ1) is 14.7. The van der Waals surface area contributed by atoms with Gasteiger partial charge in [-0.2, -0.15) is 0 Å². The van der Waals surface area contributed by atoms with Crippen LogP contribution in [0.3, 0.4) is 0 Å². The molecule has 2 heterocycles. The molecule has 25 heavy (non-hydrogen) atoms. The van der Waals surface area contributed by atoms with E-state index in [9.17, 15) is 0 Å². The highest BCUT2D eigenvalue weighted by Crippen LogP contribution is 2.45. The van der Waals surface area contributed by atoms with E-state index in [2.05, 4.69) is 89.8 Å². The van der Waals surface area contributed by atoms with Crippen molar-refractivity contribution in [2.75, 3.05) is 6.54 Å². The molecule has 1 nitrogen and oxygen atoms in total. The molecule has 0 saturated heterocycles. The van der Waals surface area contributed by atoms with Gasteiger partial charge in [0, 0.05) is 13.1 Å². The Morgan fingerprint density at radius 2 is 1.48 bits per heavy atom. The molecule has 0 spiro atoms. The molecule has 1 heteroatoms. The summed E-state index contributed by atoms with van der Waals surface area (Å²) in [5.41, 5.74) is 8.54. The number of rotatable bonds is 1. The van der Waals surface area contributed by atoms with Gasteiger partial charge in [0.1, 0.15) is 0 Å². The van der Waals surface area contributed by atoms with Crippen molar-refractivity contribution in [1.82, 2.24) is 4.90 Å². The van der Waals surface area contributed by atoms with Gasteiger partial charge in [-0.1, -0.05) is 78.9 Å². The summed E-state index contributed by atoms with van der Waals surface area (Å²) in [4.78, 5) is 2.64. The minimum atomic E-state index is 0.361. The summed E-state index contributed by atoms with van der Waals surface area (Å²) in [6.45, 7) is 2.17. The van der Waals surface area contributed by atoms with E-state index in [-0.39, 0.29) is 0 Å². The van der Waals surface area contributed by atoms with Crippen LogP contribution < -0.4 is 0 Å². The van der Waals surface area contributed by atoms with Crippen molar-refractivity contribution in [2.45, 2.75) is 19.0 Å². The van der Waals surface area contributed by atoms with Gasteiger partial charge in [-0.25, -0.2) is 0 Å². The van der Waals surface area contributed by atoms with Gasteiger partial charge in [0.2, 0.25) is 0 Å². The first-order valence-corrected chi connectivity index (χ1v) is 9.07. The fraction of sp³-hybridized carbons (Fsp3) is 0.167. The maximum absolute atomic E-state index is 2.64. The van der Waals surface area contributed by atoms with Crippen LogP contribution >= 0.6 is 0 Å². The summed E-state index contributed by atoms with van der Waals surface area (Å²) in [6.07, 6.45) is 3.53. The van der Waals surface area contributed by atoms with Crippen LogP contribution in [0, 0.1) is 0 Å². The van der Waals surface area contributed by atoms with Crippen molar-refractivity contribution in [3.63, 3.8) is 0 Å². The zero-order valence-electron chi connectivity index (χ0n) is 14.2. The Labute approximate surface area is 149 Å². The van der Waals surface area contributed by atoms with Crippen LogP contribution in [0.15, 0.2) is 78.9 Å². The maximum atomic E-state index is 2.64. The van der Waals surface area contributed by atoms with Gasteiger partial charge in [-0.3, -0.25) is 4.90 Å². The van der Waals surface area contributed by atoms with Gasteiger partial charge >= 0.3 is 0 Å². The van der Waals surface area contributed by atoms with E-state index in [4.69, 9.17) is 0 Å². The summed E-state index contributed by atoms with van der Waals surface area (Å²) in [5, 5.41) is 0. The Kier molecular flexibility index (Phi) is 3.53. The highest BCUT2D eigenvalue weighted by molar-refractivity contribution is 5.87. The van der Waals surface area contributed by atoms with E-state index >= 15 is 0 Å². The molecule has 0 radical (unpaired) electrons. The van der Waals surface area contributed by atoms with Crippen molar-refractivity contribution in [2.24, 2.45) is 0 Å². The molecule has 122 valence electrons. The molecule has 0 aromatic heterocycles. The Balaban J connectivity index is 1.73. The van der Waals surface area contributed by atoms with Crippen molar-refractivity contribution in [1.29, 1.82) is 0 Å². The van der Waals surface area contributed by atoms with E-state index < -0.39 is 0 Å². The average Bonchev–Trinajstić information content (AvgIpc) is 2.68.